The lowest BCUT2D eigenvalue weighted by atomic mass is 10.0. The van der Waals surface area contributed by atoms with Gasteiger partial charge in [-0.25, -0.2) is 9.97 Å². The fraction of sp³-hybridized carbons (Fsp3) is 0.333. The number of aromatic nitrogens is 4. The maximum absolute atomic E-state index is 12.7. The van der Waals surface area contributed by atoms with Gasteiger partial charge in [0.2, 0.25) is 5.88 Å². The van der Waals surface area contributed by atoms with Gasteiger partial charge < -0.3 is 10.1 Å². The molecule has 1 aromatic carbocycles. The van der Waals surface area contributed by atoms with Crippen LogP contribution in [0.2, 0.25) is 0 Å². The van der Waals surface area contributed by atoms with E-state index in [1.54, 1.807) is 7.11 Å². The molecule has 0 bridgehead atoms. The van der Waals surface area contributed by atoms with E-state index in [-0.39, 0.29) is 17.9 Å². The number of amides is 1. The molecule has 1 amide bonds. The molecule has 1 aliphatic heterocycles. The number of H-pyrrole nitrogens is 1. The van der Waals surface area contributed by atoms with Gasteiger partial charge in [-0.05, 0) is 25.1 Å². The van der Waals surface area contributed by atoms with Crippen molar-refractivity contribution in [3.63, 3.8) is 0 Å². The maximum atomic E-state index is 12.7. The zero-order chi connectivity index (χ0) is 20.2. The monoisotopic (exact) mass is 392 g/mol. The zero-order valence-corrected chi connectivity index (χ0v) is 16.5. The third kappa shape index (κ3) is 4.43. The van der Waals surface area contributed by atoms with E-state index in [9.17, 15) is 4.79 Å². The van der Waals surface area contributed by atoms with Gasteiger partial charge in [0.05, 0.1) is 24.8 Å². The number of aromatic amines is 1. The Hall–Kier alpha value is -3.26. The standard InChI is InChI=1S/C21H24N6O2/c1-14-22-20(26-25-14)17-12-27(11-16-9-6-10-19(23-16)29-2)13-18(17)24-21(28)15-7-4-3-5-8-15/h3-10,17-18H,11-13H2,1-2H3,(H,24,28)(H,22,25,26)/t17-,18-/m1/s1. The summed E-state index contributed by atoms with van der Waals surface area (Å²) in [4.78, 5) is 24.0. The first-order valence-electron chi connectivity index (χ1n) is 9.59. The zero-order valence-electron chi connectivity index (χ0n) is 16.5. The summed E-state index contributed by atoms with van der Waals surface area (Å²) < 4.78 is 5.22. The smallest absolute Gasteiger partial charge is 0.251 e. The molecule has 2 atom stereocenters. The minimum Gasteiger partial charge on any atom is -0.481 e. The molecular weight excluding hydrogens is 368 g/mol. The molecule has 1 fully saturated rings. The Labute approximate surface area is 169 Å². The topological polar surface area (TPSA) is 96.0 Å². The quantitative estimate of drug-likeness (QED) is 0.665. The maximum Gasteiger partial charge on any atom is 0.251 e. The van der Waals surface area contributed by atoms with E-state index in [0.29, 0.717) is 24.5 Å². The number of pyridine rings is 1. The van der Waals surface area contributed by atoms with Crippen molar-refractivity contribution in [1.82, 2.24) is 30.4 Å². The average Bonchev–Trinajstić information content (AvgIpc) is 3.34. The molecular formula is C21H24N6O2. The Balaban J connectivity index is 1.52. The van der Waals surface area contributed by atoms with Crippen molar-refractivity contribution in [3.8, 4) is 5.88 Å². The SMILES string of the molecule is COc1cccc(CN2C[C@@H](NC(=O)c3ccccc3)[C@H](c3n[nH]c(C)n3)C2)n1. The number of nitrogens with one attached hydrogen (secondary N) is 2. The molecule has 29 heavy (non-hydrogen) atoms. The molecule has 0 radical (unpaired) electrons. The minimum atomic E-state index is -0.0940. The molecule has 1 aliphatic rings. The molecule has 4 rings (SSSR count). The van der Waals surface area contributed by atoms with Crippen LogP contribution in [0.4, 0.5) is 0 Å². The van der Waals surface area contributed by atoms with Crippen molar-refractivity contribution in [2.75, 3.05) is 20.2 Å². The van der Waals surface area contributed by atoms with Crippen LogP contribution in [0.15, 0.2) is 48.5 Å². The van der Waals surface area contributed by atoms with E-state index < -0.39 is 0 Å². The second kappa shape index (κ2) is 8.40. The predicted molar refractivity (Wildman–Crippen MR) is 108 cm³/mol. The van der Waals surface area contributed by atoms with Gasteiger partial charge in [0, 0.05) is 31.3 Å². The van der Waals surface area contributed by atoms with Gasteiger partial charge in [-0.15, -0.1) is 0 Å². The predicted octanol–water partition coefficient (Wildman–Crippen LogP) is 1.91. The molecule has 1 saturated heterocycles. The van der Waals surface area contributed by atoms with Crippen LogP contribution in [0.1, 0.15) is 33.6 Å². The second-order valence-electron chi connectivity index (χ2n) is 7.20. The van der Waals surface area contributed by atoms with Gasteiger partial charge in [0.25, 0.3) is 5.91 Å². The molecule has 0 spiro atoms. The molecule has 2 aromatic heterocycles. The number of aryl methyl sites for hydroxylation is 1. The lowest BCUT2D eigenvalue weighted by Crippen LogP contribution is -2.40. The summed E-state index contributed by atoms with van der Waals surface area (Å²) in [5.74, 6) is 1.99. The molecule has 8 nitrogen and oxygen atoms in total. The molecule has 150 valence electrons. The average molecular weight is 392 g/mol. The number of likely N-dealkylation sites (tertiary alicyclic amines) is 1. The normalized spacial score (nSPS) is 19.2. The van der Waals surface area contributed by atoms with Crippen molar-refractivity contribution in [2.24, 2.45) is 0 Å². The number of ether oxygens (including phenoxy) is 1. The van der Waals surface area contributed by atoms with Crippen LogP contribution in [0.25, 0.3) is 0 Å². The fourth-order valence-corrected chi connectivity index (χ4v) is 3.68. The fourth-order valence-electron chi connectivity index (χ4n) is 3.68. The van der Waals surface area contributed by atoms with Gasteiger partial charge in [-0.2, -0.15) is 5.10 Å². The molecule has 0 saturated carbocycles. The van der Waals surface area contributed by atoms with Gasteiger partial charge in [-0.3, -0.25) is 14.8 Å². The highest BCUT2D eigenvalue weighted by Gasteiger charge is 2.37. The number of benzene rings is 1. The Morgan fingerprint density at radius 2 is 2.00 bits per heavy atom. The van der Waals surface area contributed by atoms with Crippen molar-refractivity contribution in [1.29, 1.82) is 0 Å². The number of nitrogens with zero attached hydrogens (tertiary/aromatic N) is 4. The number of carbonyl (C=O) groups is 1. The number of rotatable bonds is 6. The van der Waals surface area contributed by atoms with E-state index >= 15 is 0 Å². The lowest BCUT2D eigenvalue weighted by Gasteiger charge is -2.18. The van der Waals surface area contributed by atoms with Crippen LogP contribution in [-0.4, -0.2) is 57.2 Å². The van der Waals surface area contributed by atoms with Gasteiger partial charge in [0.1, 0.15) is 5.82 Å². The van der Waals surface area contributed by atoms with Gasteiger partial charge in [0.15, 0.2) is 5.82 Å². The Morgan fingerprint density at radius 3 is 2.72 bits per heavy atom. The van der Waals surface area contributed by atoms with E-state index in [2.05, 4.69) is 30.4 Å². The Kier molecular flexibility index (Phi) is 5.53. The largest absolute Gasteiger partial charge is 0.481 e. The molecule has 3 heterocycles. The lowest BCUT2D eigenvalue weighted by molar-refractivity contribution is 0.0934. The van der Waals surface area contributed by atoms with Gasteiger partial charge >= 0.3 is 0 Å². The van der Waals surface area contributed by atoms with E-state index in [0.717, 1.165) is 23.9 Å². The summed E-state index contributed by atoms with van der Waals surface area (Å²) in [6.07, 6.45) is 0. The van der Waals surface area contributed by atoms with Crippen LogP contribution in [-0.2, 0) is 6.54 Å². The summed E-state index contributed by atoms with van der Waals surface area (Å²) in [6, 6.07) is 14.9. The summed E-state index contributed by atoms with van der Waals surface area (Å²) >= 11 is 0. The van der Waals surface area contributed by atoms with Crippen molar-refractivity contribution in [2.45, 2.75) is 25.4 Å². The molecule has 2 N–H and O–H groups in total. The van der Waals surface area contributed by atoms with E-state index in [1.807, 2.05) is 55.5 Å². The molecule has 8 heteroatoms. The van der Waals surface area contributed by atoms with Crippen molar-refractivity contribution < 1.29 is 9.53 Å². The summed E-state index contributed by atoms with van der Waals surface area (Å²) in [5, 5.41) is 10.4. The number of hydrogen-bond acceptors (Lipinski definition) is 6. The summed E-state index contributed by atoms with van der Waals surface area (Å²) in [5.41, 5.74) is 1.56. The highest BCUT2D eigenvalue weighted by molar-refractivity contribution is 5.94. The van der Waals surface area contributed by atoms with Crippen LogP contribution in [0.3, 0.4) is 0 Å². The first-order valence-corrected chi connectivity index (χ1v) is 9.59. The van der Waals surface area contributed by atoms with Crippen LogP contribution in [0, 0.1) is 6.92 Å². The number of carbonyl (C=O) groups excluding carboxylic acids is 1. The van der Waals surface area contributed by atoms with Crippen LogP contribution < -0.4 is 10.1 Å². The van der Waals surface area contributed by atoms with E-state index in [4.69, 9.17) is 4.74 Å². The van der Waals surface area contributed by atoms with Crippen LogP contribution in [0.5, 0.6) is 5.88 Å². The number of methoxy groups -OCH3 is 1. The molecule has 0 unspecified atom stereocenters. The molecule has 3 aromatic rings. The highest BCUT2D eigenvalue weighted by atomic mass is 16.5. The van der Waals surface area contributed by atoms with Gasteiger partial charge in [-0.1, -0.05) is 24.3 Å². The number of hydrogen-bond donors (Lipinski definition) is 2. The van der Waals surface area contributed by atoms with Crippen LogP contribution >= 0.6 is 0 Å². The van der Waals surface area contributed by atoms with Crippen molar-refractivity contribution >= 4 is 5.91 Å². The third-order valence-corrected chi connectivity index (χ3v) is 5.07. The minimum absolute atomic E-state index is 0.00165. The summed E-state index contributed by atoms with van der Waals surface area (Å²) in [7, 11) is 1.61. The summed E-state index contributed by atoms with van der Waals surface area (Å²) in [6.45, 7) is 3.96. The second-order valence-corrected chi connectivity index (χ2v) is 7.20. The Morgan fingerprint density at radius 1 is 1.17 bits per heavy atom. The van der Waals surface area contributed by atoms with E-state index in [1.165, 1.54) is 0 Å². The third-order valence-electron chi connectivity index (χ3n) is 5.07. The van der Waals surface area contributed by atoms with Crippen molar-refractivity contribution in [3.05, 3.63) is 71.4 Å². The Bertz CT molecular complexity index is 974. The highest BCUT2D eigenvalue weighted by Crippen LogP contribution is 2.27. The molecule has 0 aliphatic carbocycles. The first-order chi connectivity index (χ1) is 14.1. The first kappa shape index (κ1) is 19.1.